The predicted molar refractivity (Wildman–Crippen MR) is 86.7 cm³/mol. The molecule has 2 rings (SSSR count). The first-order valence-corrected chi connectivity index (χ1v) is 8.03. The first kappa shape index (κ1) is 16.5. The van der Waals surface area contributed by atoms with E-state index in [0.717, 1.165) is 11.3 Å². The highest BCUT2D eigenvalue weighted by molar-refractivity contribution is 7.11. The van der Waals surface area contributed by atoms with Crippen molar-refractivity contribution in [2.75, 3.05) is 6.54 Å². The van der Waals surface area contributed by atoms with Crippen LogP contribution in [0.25, 0.3) is 0 Å². The molecular formula is C15H22N4O2S. The van der Waals surface area contributed by atoms with Crippen molar-refractivity contribution >= 4 is 17.4 Å². The van der Waals surface area contributed by atoms with Gasteiger partial charge in [0.2, 0.25) is 0 Å². The van der Waals surface area contributed by atoms with Crippen LogP contribution in [0.3, 0.4) is 0 Å². The molecule has 0 spiro atoms. The number of nitrogens with one attached hydrogen (secondary N) is 2. The fourth-order valence-corrected chi connectivity index (χ4v) is 2.89. The lowest BCUT2D eigenvalue weighted by atomic mass is 10.00. The Hall–Kier alpha value is -1.86. The normalized spacial score (nSPS) is 13.6. The van der Waals surface area contributed by atoms with Gasteiger partial charge in [-0.15, -0.1) is 11.3 Å². The molecule has 0 aromatic carbocycles. The van der Waals surface area contributed by atoms with E-state index in [1.54, 1.807) is 42.4 Å². The minimum absolute atomic E-state index is 0.120. The average Bonchev–Trinajstić information content (AvgIpc) is 3.12. The molecule has 0 saturated heterocycles. The monoisotopic (exact) mass is 322 g/mol. The lowest BCUT2D eigenvalue weighted by Gasteiger charge is -2.22. The summed E-state index contributed by atoms with van der Waals surface area (Å²) in [5.41, 5.74) is -0.481. The van der Waals surface area contributed by atoms with E-state index in [-0.39, 0.29) is 12.6 Å². The van der Waals surface area contributed by atoms with Gasteiger partial charge in [0.25, 0.3) is 0 Å². The van der Waals surface area contributed by atoms with Gasteiger partial charge in [-0.2, -0.15) is 5.10 Å². The summed E-state index contributed by atoms with van der Waals surface area (Å²) >= 11 is 1.70. The van der Waals surface area contributed by atoms with Crippen LogP contribution in [0.2, 0.25) is 0 Å². The zero-order valence-corrected chi connectivity index (χ0v) is 13.9. The molecule has 1 unspecified atom stereocenters. The number of hydrogen-bond acceptors (Lipinski definition) is 4. The minimum Gasteiger partial charge on any atom is -0.383 e. The van der Waals surface area contributed by atoms with Gasteiger partial charge in [-0.3, -0.25) is 4.68 Å². The molecule has 0 fully saturated rings. The van der Waals surface area contributed by atoms with Crippen LogP contribution in [0.4, 0.5) is 4.79 Å². The van der Waals surface area contributed by atoms with Crippen LogP contribution >= 0.6 is 11.3 Å². The van der Waals surface area contributed by atoms with E-state index in [0.29, 0.717) is 12.1 Å². The molecule has 0 aliphatic rings. The van der Waals surface area contributed by atoms with Gasteiger partial charge >= 0.3 is 6.03 Å². The number of carbonyl (C=O) groups excluding carboxylic acids is 1. The molecule has 0 saturated carbocycles. The first-order chi connectivity index (χ1) is 10.4. The predicted octanol–water partition coefficient (Wildman–Crippen LogP) is 1.75. The van der Waals surface area contributed by atoms with Crippen LogP contribution < -0.4 is 10.6 Å². The number of aliphatic hydroxyl groups is 1. The smallest absolute Gasteiger partial charge is 0.315 e. The van der Waals surface area contributed by atoms with Crippen LogP contribution in [-0.2, 0) is 25.6 Å². The fourth-order valence-electron chi connectivity index (χ4n) is 1.99. The molecule has 6 nitrogen and oxygen atoms in total. The molecular weight excluding hydrogens is 300 g/mol. The maximum absolute atomic E-state index is 11.8. The molecule has 0 aliphatic carbocycles. The molecule has 0 radical (unpaired) electrons. The maximum Gasteiger partial charge on any atom is 0.315 e. The Bertz CT molecular complexity index is 633. The Morgan fingerprint density at radius 2 is 2.14 bits per heavy atom. The number of thiophene rings is 1. The molecule has 1 atom stereocenters. The summed E-state index contributed by atoms with van der Waals surface area (Å²) in [7, 11) is 1.78. The van der Waals surface area contributed by atoms with Crippen molar-refractivity contribution in [2.24, 2.45) is 7.05 Å². The van der Waals surface area contributed by atoms with Crippen molar-refractivity contribution in [3.8, 4) is 0 Å². The summed E-state index contributed by atoms with van der Waals surface area (Å²) in [5, 5.41) is 19.9. The van der Waals surface area contributed by atoms with Crippen molar-refractivity contribution in [1.29, 1.82) is 0 Å². The highest BCUT2D eigenvalue weighted by Crippen LogP contribution is 2.18. The zero-order chi connectivity index (χ0) is 16.2. The van der Waals surface area contributed by atoms with Gasteiger partial charge < -0.3 is 15.7 Å². The number of rotatable bonds is 6. The Morgan fingerprint density at radius 3 is 2.73 bits per heavy atom. The fraction of sp³-hybridized carbons (Fsp3) is 0.467. The first-order valence-electron chi connectivity index (χ1n) is 7.21. The lowest BCUT2D eigenvalue weighted by molar-refractivity contribution is 0.0593. The lowest BCUT2D eigenvalue weighted by Crippen LogP contribution is -2.43. The van der Waals surface area contributed by atoms with Crippen molar-refractivity contribution < 1.29 is 9.90 Å². The molecule has 2 amide bonds. The molecule has 0 bridgehead atoms. The topological polar surface area (TPSA) is 79.2 Å². The molecule has 0 aliphatic heterocycles. The maximum atomic E-state index is 11.8. The third-order valence-electron chi connectivity index (χ3n) is 3.41. The van der Waals surface area contributed by atoms with Gasteiger partial charge in [0.1, 0.15) is 5.60 Å². The highest BCUT2D eigenvalue weighted by Gasteiger charge is 2.25. The molecule has 2 heterocycles. The second-order valence-electron chi connectivity index (χ2n) is 5.43. The summed E-state index contributed by atoms with van der Waals surface area (Å²) in [6.07, 6.45) is 4.33. The van der Waals surface area contributed by atoms with Crippen molar-refractivity contribution in [3.05, 3.63) is 39.8 Å². The molecule has 2 aromatic heterocycles. The van der Waals surface area contributed by atoms with Crippen LogP contribution in [0, 0.1) is 0 Å². The average molecular weight is 322 g/mol. The second-order valence-corrected chi connectivity index (χ2v) is 6.69. The van der Waals surface area contributed by atoms with E-state index in [2.05, 4.69) is 28.7 Å². The number of urea groups is 1. The largest absolute Gasteiger partial charge is 0.383 e. The van der Waals surface area contributed by atoms with Gasteiger partial charge in [-0.25, -0.2) is 4.79 Å². The van der Waals surface area contributed by atoms with E-state index in [4.69, 9.17) is 0 Å². The SMILES string of the molecule is CCc1ccc(CNC(=O)NCC(C)(O)c2cnn(C)c2)s1. The summed E-state index contributed by atoms with van der Waals surface area (Å²) in [6, 6.07) is 3.80. The summed E-state index contributed by atoms with van der Waals surface area (Å²) in [6.45, 7) is 4.37. The van der Waals surface area contributed by atoms with Crippen LogP contribution in [0.15, 0.2) is 24.5 Å². The van der Waals surface area contributed by atoms with Crippen LogP contribution in [0.5, 0.6) is 0 Å². The van der Waals surface area contributed by atoms with Crippen LogP contribution in [-0.4, -0.2) is 27.5 Å². The summed E-state index contributed by atoms with van der Waals surface area (Å²) in [5.74, 6) is 0. The van der Waals surface area contributed by atoms with Crippen molar-refractivity contribution in [1.82, 2.24) is 20.4 Å². The molecule has 120 valence electrons. The van der Waals surface area contributed by atoms with Gasteiger partial charge in [-0.05, 0) is 25.5 Å². The van der Waals surface area contributed by atoms with Gasteiger partial charge in [0.15, 0.2) is 0 Å². The Kier molecular flexibility index (Phi) is 5.20. The van der Waals surface area contributed by atoms with E-state index in [1.165, 1.54) is 4.88 Å². The molecule has 22 heavy (non-hydrogen) atoms. The van der Waals surface area contributed by atoms with Crippen LogP contribution in [0.1, 0.15) is 29.2 Å². The highest BCUT2D eigenvalue weighted by atomic mass is 32.1. The minimum atomic E-state index is -1.15. The summed E-state index contributed by atoms with van der Waals surface area (Å²) in [4.78, 5) is 14.2. The number of hydrogen-bond donors (Lipinski definition) is 3. The van der Waals surface area contributed by atoms with E-state index in [1.807, 2.05) is 6.07 Å². The molecule has 2 aromatic rings. The Balaban J connectivity index is 1.79. The number of amides is 2. The Labute approximate surface area is 134 Å². The van der Waals surface area contributed by atoms with E-state index in [9.17, 15) is 9.90 Å². The van der Waals surface area contributed by atoms with Gasteiger partial charge in [-0.1, -0.05) is 6.92 Å². The zero-order valence-electron chi connectivity index (χ0n) is 13.1. The van der Waals surface area contributed by atoms with Crippen molar-refractivity contribution in [2.45, 2.75) is 32.4 Å². The number of aromatic nitrogens is 2. The number of aryl methyl sites for hydroxylation is 2. The number of nitrogens with zero attached hydrogens (tertiary/aromatic N) is 2. The second kappa shape index (κ2) is 6.93. The number of carbonyl (C=O) groups is 1. The molecule has 3 N–H and O–H groups in total. The summed E-state index contributed by atoms with van der Waals surface area (Å²) < 4.78 is 1.62. The van der Waals surface area contributed by atoms with Gasteiger partial charge in [0, 0.05) is 28.6 Å². The molecule has 7 heteroatoms. The van der Waals surface area contributed by atoms with Gasteiger partial charge in [0.05, 0.1) is 19.3 Å². The third kappa shape index (κ3) is 4.32. The Morgan fingerprint density at radius 1 is 1.41 bits per heavy atom. The van der Waals surface area contributed by atoms with E-state index < -0.39 is 5.60 Å². The third-order valence-corrected chi connectivity index (χ3v) is 4.64. The van der Waals surface area contributed by atoms with Crippen molar-refractivity contribution in [3.63, 3.8) is 0 Å². The van der Waals surface area contributed by atoms with E-state index >= 15 is 0 Å². The quantitative estimate of drug-likeness (QED) is 0.758. The standard InChI is InChI=1S/C15H22N4O2S/c1-4-12-5-6-13(22-12)8-16-14(20)17-10-15(2,21)11-7-18-19(3)9-11/h5-7,9,21H,4,8,10H2,1-3H3,(H2,16,17,20).